The SMILES string of the molecule is CONC(=CCCN1CCC2(CC1)C(=O)N(Cc1cccc(C(=O)OC(C)(C)C)c1)CN2c1ccccc1)c1ccc(F)cc1. The maximum atomic E-state index is 14.3. The number of piperidine rings is 1. The third kappa shape index (κ3) is 7.72. The molecule has 3 aromatic rings. The van der Waals surface area contributed by atoms with Crippen molar-refractivity contribution in [1.82, 2.24) is 15.3 Å². The molecule has 2 aliphatic heterocycles. The Morgan fingerprint density at radius 3 is 2.36 bits per heavy atom. The Morgan fingerprint density at radius 1 is 0.978 bits per heavy atom. The minimum Gasteiger partial charge on any atom is -0.456 e. The molecule has 238 valence electrons. The first-order chi connectivity index (χ1) is 21.6. The summed E-state index contributed by atoms with van der Waals surface area (Å²) in [6.45, 7) is 8.83. The summed E-state index contributed by atoms with van der Waals surface area (Å²) in [7, 11) is 1.56. The van der Waals surface area contributed by atoms with E-state index in [4.69, 9.17) is 9.57 Å². The van der Waals surface area contributed by atoms with Crippen molar-refractivity contribution in [2.24, 2.45) is 0 Å². The quantitative estimate of drug-likeness (QED) is 0.222. The lowest BCUT2D eigenvalue weighted by Crippen LogP contribution is -2.56. The van der Waals surface area contributed by atoms with Crippen LogP contribution in [0.4, 0.5) is 10.1 Å². The van der Waals surface area contributed by atoms with Crippen molar-refractivity contribution in [2.45, 2.75) is 57.7 Å². The molecule has 3 aromatic carbocycles. The largest absolute Gasteiger partial charge is 0.456 e. The van der Waals surface area contributed by atoms with E-state index in [-0.39, 0.29) is 17.7 Å². The van der Waals surface area contributed by atoms with Gasteiger partial charge in [-0.25, -0.2) is 9.18 Å². The summed E-state index contributed by atoms with van der Waals surface area (Å²) in [5.41, 5.74) is 5.73. The van der Waals surface area contributed by atoms with Gasteiger partial charge in [-0.3, -0.25) is 15.1 Å². The molecule has 5 rings (SSSR count). The van der Waals surface area contributed by atoms with Crippen LogP contribution in [0.15, 0.2) is 84.9 Å². The number of hydrogen-bond acceptors (Lipinski definition) is 7. The second-order valence-corrected chi connectivity index (χ2v) is 12.7. The smallest absolute Gasteiger partial charge is 0.338 e. The first-order valence-electron chi connectivity index (χ1n) is 15.5. The van der Waals surface area contributed by atoms with Crippen LogP contribution < -0.4 is 10.4 Å². The molecule has 8 nitrogen and oxygen atoms in total. The molecule has 2 saturated heterocycles. The van der Waals surface area contributed by atoms with Crippen molar-refractivity contribution in [2.75, 3.05) is 38.3 Å². The molecule has 0 aromatic heterocycles. The molecular weight excluding hydrogens is 571 g/mol. The van der Waals surface area contributed by atoms with Crippen LogP contribution in [0, 0.1) is 5.82 Å². The Morgan fingerprint density at radius 2 is 1.69 bits per heavy atom. The van der Waals surface area contributed by atoms with Crippen LogP contribution in [0.3, 0.4) is 0 Å². The van der Waals surface area contributed by atoms with Crippen molar-refractivity contribution in [3.63, 3.8) is 0 Å². The number of anilines is 1. The molecule has 0 atom stereocenters. The van der Waals surface area contributed by atoms with Gasteiger partial charge in [-0.2, -0.15) is 0 Å². The highest BCUT2D eigenvalue weighted by Crippen LogP contribution is 2.40. The summed E-state index contributed by atoms with van der Waals surface area (Å²) in [5.74, 6) is -0.530. The maximum absolute atomic E-state index is 14.3. The third-order valence-electron chi connectivity index (χ3n) is 8.36. The number of halogens is 1. The van der Waals surface area contributed by atoms with Crippen molar-refractivity contribution >= 4 is 23.3 Å². The van der Waals surface area contributed by atoms with Gasteiger partial charge in [0.05, 0.1) is 25.0 Å². The van der Waals surface area contributed by atoms with Crippen LogP contribution in [-0.4, -0.2) is 66.2 Å². The van der Waals surface area contributed by atoms with Crippen LogP contribution in [0.25, 0.3) is 5.70 Å². The van der Waals surface area contributed by atoms with E-state index < -0.39 is 11.1 Å². The van der Waals surface area contributed by atoms with E-state index in [2.05, 4.69) is 33.5 Å². The number of hydroxylamine groups is 1. The van der Waals surface area contributed by atoms with Crippen molar-refractivity contribution in [1.29, 1.82) is 0 Å². The molecule has 45 heavy (non-hydrogen) atoms. The van der Waals surface area contributed by atoms with Gasteiger partial charge in [0.25, 0.3) is 0 Å². The van der Waals surface area contributed by atoms with Gasteiger partial charge >= 0.3 is 5.97 Å². The van der Waals surface area contributed by atoms with E-state index in [0.29, 0.717) is 31.6 Å². The summed E-state index contributed by atoms with van der Waals surface area (Å²) < 4.78 is 19.0. The summed E-state index contributed by atoms with van der Waals surface area (Å²) in [5, 5.41) is 0. The van der Waals surface area contributed by atoms with Crippen LogP contribution in [0.1, 0.15) is 61.5 Å². The number of benzene rings is 3. The number of para-hydroxylation sites is 1. The van der Waals surface area contributed by atoms with Gasteiger partial charge in [-0.1, -0.05) is 36.4 Å². The van der Waals surface area contributed by atoms with Crippen molar-refractivity contribution in [3.8, 4) is 0 Å². The van der Waals surface area contributed by atoms with Gasteiger partial charge in [-0.15, -0.1) is 0 Å². The molecule has 0 unspecified atom stereocenters. The van der Waals surface area contributed by atoms with E-state index in [1.807, 2.05) is 62.1 Å². The lowest BCUT2D eigenvalue weighted by Gasteiger charge is -2.43. The number of ether oxygens (including phenoxy) is 1. The highest BCUT2D eigenvalue weighted by atomic mass is 19.1. The van der Waals surface area contributed by atoms with Crippen LogP contribution in [0.2, 0.25) is 0 Å². The van der Waals surface area contributed by atoms with Gasteiger partial charge in [0, 0.05) is 31.9 Å². The Labute approximate surface area is 265 Å². The summed E-state index contributed by atoms with van der Waals surface area (Å²) in [6, 6.07) is 23.8. The second kappa shape index (κ2) is 13.8. The summed E-state index contributed by atoms with van der Waals surface area (Å²) in [4.78, 5) is 38.7. The predicted molar refractivity (Wildman–Crippen MR) is 173 cm³/mol. The van der Waals surface area contributed by atoms with E-state index in [1.165, 1.54) is 12.1 Å². The van der Waals surface area contributed by atoms with Crippen molar-refractivity contribution in [3.05, 3.63) is 107 Å². The van der Waals surface area contributed by atoms with E-state index in [0.717, 1.165) is 48.6 Å². The molecule has 2 aliphatic rings. The molecule has 1 N–H and O–H groups in total. The van der Waals surface area contributed by atoms with Crippen molar-refractivity contribution < 1.29 is 23.6 Å². The summed E-state index contributed by atoms with van der Waals surface area (Å²) in [6.07, 6.45) is 4.25. The van der Waals surface area contributed by atoms with E-state index >= 15 is 0 Å². The third-order valence-corrected chi connectivity index (χ3v) is 8.36. The fraction of sp³-hybridized carbons (Fsp3) is 0.389. The lowest BCUT2D eigenvalue weighted by molar-refractivity contribution is -0.134. The number of likely N-dealkylation sites (tertiary alicyclic amines) is 1. The highest BCUT2D eigenvalue weighted by Gasteiger charge is 2.53. The van der Waals surface area contributed by atoms with Crippen LogP contribution >= 0.6 is 0 Å². The van der Waals surface area contributed by atoms with Gasteiger partial charge in [0.15, 0.2) is 0 Å². The molecule has 0 bridgehead atoms. The Bertz CT molecular complexity index is 1500. The van der Waals surface area contributed by atoms with Gasteiger partial charge in [-0.05, 0) is 99.7 Å². The number of carbonyl (C=O) groups excluding carboxylic acids is 2. The molecule has 0 radical (unpaired) electrons. The molecule has 0 saturated carbocycles. The number of nitrogens with zero attached hydrogens (tertiary/aromatic N) is 3. The fourth-order valence-corrected chi connectivity index (χ4v) is 6.17. The minimum absolute atomic E-state index is 0.122. The Balaban J connectivity index is 1.28. The highest BCUT2D eigenvalue weighted by molar-refractivity contribution is 5.94. The van der Waals surface area contributed by atoms with Crippen LogP contribution in [-0.2, 0) is 20.9 Å². The first-order valence-corrected chi connectivity index (χ1v) is 15.5. The standard InChI is InChI=1S/C36H43FN4O4/c1-35(2,3)45-33(42)29-11-8-10-27(24-29)25-40-26-41(31-12-6-5-7-13-31)36(34(40)43)19-22-39(23-20-36)21-9-14-32(38-44-4)28-15-17-30(37)18-16-28/h5-8,10-18,24,38H,9,19-23,25-26H2,1-4H3. The number of amides is 1. The summed E-state index contributed by atoms with van der Waals surface area (Å²) >= 11 is 0. The normalized spacial score (nSPS) is 17.2. The second-order valence-electron chi connectivity index (χ2n) is 12.7. The van der Waals surface area contributed by atoms with E-state index in [9.17, 15) is 14.0 Å². The molecule has 2 fully saturated rings. The number of nitrogens with one attached hydrogen (secondary N) is 1. The molecule has 0 aliphatic carbocycles. The molecule has 1 spiro atoms. The number of carbonyl (C=O) groups is 2. The first kappa shape index (κ1) is 32.2. The zero-order valence-electron chi connectivity index (χ0n) is 26.6. The molecular formula is C36H43FN4O4. The monoisotopic (exact) mass is 614 g/mol. The minimum atomic E-state index is -0.632. The average Bonchev–Trinajstić information content (AvgIpc) is 3.28. The van der Waals surface area contributed by atoms with E-state index in [1.54, 1.807) is 25.3 Å². The average molecular weight is 615 g/mol. The number of hydrogen-bond donors (Lipinski definition) is 1. The fourth-order valence-electron chi connectivity index (χ4n) is 6.17. The van der Waals surface area contributed by atoms with Gasteiger partial charge < -0.3 is 19.4 Å². The molecule has 2 heterocycles. The Kier molecular flexibility index (Phi) is 9.90. The lowest BCUT2D eigenvalue weighted by atomic mass is 9.85. The zero-order valence-corrected chi connectivity index (χ0v) is 26.6. The van der Waals surface area contributed by atoms with Gasteiger partial charge in [0.2, 0.25) is 5.91 Å². The topological polar surface area (TPSA) is 74.3 Å². The maximum Gasteiger partial charge on any atom is 0.338 e. The Hall–Kier alpha value is -4.21. The van der Waals surface area contributed by atoms with Gasteiger partial charge in [0.1, 0.15) is 17.0 Å². The molecule has 1 amide bonds. The predicted octanol–water partition coefficient (Wildman–Crippen LogP) is 6.00. The number of rotatable bonds is 10. The molecule has 9 heteroatoms. The zero-order chi connectivity index (χ0) is 32.0. The van der Waals surface area contributed by atoms with Crippen LogP contribution in [0.5, 0.6) is 0 Å². The number of esters is 1.